The Labute approximate surface area is 108 Å². The summed E-state index contributed by atoms with van der Waals surface area (Å²) >= 11 is 0. The highest BCUT2D eigenvalue weighted by Gasteiger charge is 2.31. The summed E-state index contributed by atoms with van der Waals surface area (Å²) in [5.74, 6) is -1.82. The van der Waals surface area contributed by atoms with Gasteiger partial charge < -0.3 is 20.8 Å². The SMILES string of the molecule is CC(C)(CO)CN(CC(C)(C)CO)C(=O)C(N)=O. The largest absolute Gasteiger partial charge is 0.396 e. The molecule has 0 spiro atoms. The molecule has 6 nitrogen and oxygen atoms in total. The van der Waals surface area contributed by atoms with E-state index in [1.165, 1.54) is 4.90 Å². The third-order valence-corrected chi connectivity index (χ3v) is 2.59. The number of primary amides is 1. The number of carbonyl (C=O) groups excluding carboxylic acids is 2. The van der Waals surface area contributed by atoms with Gasteiger partial charge in [0.15, 0.2) is 0 Å². The first-order chi connectivity index (χ1) is 8.04. The van der Waals surface area contributed by atoms with Crippen molar-refractivity contribution >= 4 is 11.8 Å². The molecule has 0 radical (unpaired) electrons. The lowest BCUT2D eigenvalue weighted by molar-refractivity contribution is -0.146. The molecule has 0 unspecified atom stereocenters. The predicted molar refractivity (Wildman–Crippen MR) is 67.5 cm³/mol. The monoisotopic (exact) mass is 260 g/mol. The lowest BCUT2D eigenvalue weighted by atomic mass is 9.90. The van der Waals surface area contributed by atoms with Gasteiger partial charge in [0.25, 0.3) is 0 Å². The fourth-order valence-electron chi connectivity index (χ4n) is 1.49. The third kappa shape index (κ3) is 5.46. The summed E-state index contributed by atoms with van der Waals surface area (Å²) in [5, 5.41) is 18.4. The van der Waals surface area contributed by atoms with Crippen molar-refractivity contribution in [1.29, 1.82) is 0 Å². The smallest absolute Gasteiger partial charge is 0.311 e. The molecule has 0 rings (SSSR count). The van der Waals surface area contributed by atoms with Gasteiger partial charge in [0.2, 0.25) is 0 Å². The van der Waals surface area contributed by atoms with Crippen molar-refractivity contribution in [2.45, 2.75) is 27.7 Å². The molecule has 0 bridgehead atoms. The molecule has 0 saturated heterocycles. The molecule has 0 aromatic heterocycles. The van der Waals surface area contributed by atoms with Crippen LogP contribution in [0.15, 0.2) is 0 Å². The summed E-state index contributed by atoms with van der Waals surface area (Å²) in [7, 11) is 0. The first-order valence-corrected chi connectivity index (χ1v) is 5.85. The van der Waals surface area contributed by atoms with Gasteiger partial charge in [0.05, 0.1) is 0 Å². The molecule has 0 atom stereocenters. The van der Waals surface area contributed by atoms with E-state index in [1.54, 1.807) is 27.7 Å². The molecule has 0 aliphatic carbocycles. The molecule has 0 aromatic carbocycles. The zero-order valence-corrected chi connectivity index (χ0v) is 11.6. The lowest BCUT2D eigenvalue weighted by Crippen LogP contribution is -2.49. The van der Waals surface area contributed by atoms with Crippen molar-refractivity contribution in [3.63, 3.8) is 0 Å². The van der Waals surface area contributed by atoms with Crippen LogP contribution < -0.4 is 5.73 Å². The molecule has 0 fully saturated rings. The molecule has 6 heteroatoms. The second kappa shape index (κ2) is 6.15. The van der Waals surface area contributed by atoms with Crippen molar-refractivity contribution in [3.8, 4) is 0 Å². The van der Waals surface area contributed by atoms with Crippen molar-refractivity contribution in [2.75, 3.05) is 26.3 Å². The Morgan fingerprint density at radius 2 is 1.33 bits per heavy atom. The molecular formula is C12H24N2O4. The fourth-order valence-corrected chi connectivity index (χ4v) is 1.49. The van der Waals surface area contributed by atoms with Gasteiger partial charge in [-0.3, -0.25) is 9.59 Å². The maximum Gasteiger partial charge on any atom is 0.311 e. The Kier molecular flexibility index (Phi) is 5.76. The molecule has 4 N–H and O–H groups in total. The number of nitrogens with zero attached hydrogens (tertiary/aromatic N) is 1. The predicted octanol–water partition coefficient (Wildman–Crippen LogP) is -0.663. The molecule has 106 valence electrons. The first kappa shape index (κ1) is 16.9. The van der Waals surface area contributed by atoms with Crippen molar-refractivity contribution in [2.24, 2.45) is 16.6 Å². The van der Waals surface area contributed by atoms with E-state index in [4.69, 9.17) is 5.73 Å². The summed E-state index contributed by atoms with van der Waals surface area (Å²) in [6.45, 7) is 7.29. The van der Waals surface area contributed by atoms with Crippen LogP contribution in [-0.2, 0) is 9.59 Å². The van der Waals surface area contributed by atoms with E-state index in [2.05, 4.69) is 0 Å². The van der Waals surface area contributed by atoms with Crippen LogP contribution in [0.25, 0.3) is 0 Å². The van der Waals surface area contributed by atoms with Crippen LogP contribution >= 0.6 is 0 Å². The van der Waals surface area contributed by atoms with Crippen LogP contribution in [0.5, 0.6) is 0 Å². The zero-order valence-electron chi connectivity index (χ0n) is 11.6. The number of aliphatic hydroxyl groups excluding tert-OH is 2. The van der Waals surface area contributed by atoms with Crippen LogP contribution in [0.4, 0.5) is 0 Å². The quantitative estimate of drug-likeness (QED) is 0.551. The van der Waals surface area contributed by atoms with Crippen molar-refractivity contribution in [3.05, 3.63) is 0 Å². The fraction of sp³-hybridized carbons (Fsp3) is 0.833. The first-order valence-electron chi connectivity index (χ1n) is 5.85. The number of amides is 2. The summed E-state index contributed by atoms with van der Waals surface area (Å²) in [6.07, 6.45) is 0. The normalized spacial score (nSPS) is 12.3. The molecule has 0 saturated carbocycles. The third-order valence-electron chi connectivity index (χ3n) is 2.59. The van der Waals surface area contributed by atoms with E-state index in [0.29, 0.717) is 0 Å². The summed E-state index contributed by atoms with van der Waals surface area (Å²) in [5.41, 5.74) is 3.94. The maximum absolute atomic E-state index is 11.7. The lowest BCUT2D eigenvalue weighted by Gasteiger charge is -2.35. The summed E-state index contributed by atoms with van der Waals surface area (Å²) in [6, 6.07) is 0. The van der Waals surface area contributed by atoms with Gasteiger partial charge in [0, 0.05) is 37.1 Å². The van der Waals surface area contributed by atoms with E-state index in [1.807, 2.05) is 0 Å². The van der Waals surface area contributed by atoms with Crippen LogP contribution in [0.2, 0.25) is 0 Å². The van der Waals surface area contributed by atoms with Gasteiger partial charge in [-0.15, -0.1) is 0 Å². The number of carbonyl (C=O) groups is 2. The number of nitrogens with two attached hydrogens (primary N) is 1. The second-order valence-corrected chi connectivity index (χ2v) is 6.17. The van der Waals surface area contributed by atoms with E-state index < -0.39 is 22.6 Å². The summed E-state index contributed by atoms with van der Waals surface area (Å²) in [4.78, 5) is 24.0. The average Bonchev–Trinajstić information content (AvgIpc) is 2.26. The van der Waals surface area contributed by atoms with Gasteiger partial charge in [-0.25, -0.2) is 0 Å². The Bertz CT molecular complexity index is 295. The van der Waals surface area contributed by atoms with E-state index in [0.717, 1.165) is 0 Å². The Morgan fingerprint density at radius 1 is 1.00 bits per heavy atom. The Hall–Kier alpha value is -1.14. The molecule has 0 aliphatic heterocycles. The Balaban J connectivity index is 4.96. The van der Waals surface area contributed by atoms with Gasteiger partial charge in [-0.05, 0) is 0 Å². The van der Waals surface area contributed by atoms with E-state index >= 15 is 0 Å². The number of hydrogen-bond donors (Lipinski definition) is 3. The van der Waals surface area contributed by atoms with E-state index in [-0.39, 0.29) is 26.3 Å². The highest BCUT2D eigenvalue weighted by molar-refractivity contribution is 6.34. The van der Waals surface area contributed by atoms with Crippen LogP contribution in [0.1, 0.15) is 27.7 Å². The topological polar surface area (TPSA) is 104 Å². The van der Waals surface area contributed by atoms with Crippen molar-refractivity contribution in [1.82, 2.24) is 4.90 Å². The standard InChI is InChI=1S/C12H24N2O4/c1-11(2,7-15)5-14(10(18)9(13)17)6-12(3,4)8-16/h15-16H,5-8H2,1-4H3,(H2,13,17). The second-order valence-electron chi connectivity index (χ2n) is 6.17. The molecule has 0 aliphatic rings. The van der Waals surface area contributed by atoms with Gasteiger partial charge in [-0.1, -0.05) is 27.7 Å². The minimum absolute atomic E-state index is 0.116. The average molecular weight is 260 g/mol. The highest BCUT2D eigenvalue weighted by Crippen LogP contribution is 2.21. The van der Waals surface area contributed by atoms with Crippen LogP contribution in [0.3, 0.4) is 0 Å². The van der Waals surface area contributed by atoms with Gasteiger partial charge in [0.1, 0.15) is 0 Å². The maximum atomic E-state index is 11.7. The molecule has 2 amide bonds. The summed E-state index contributed by atoms with van der Waals surface area (Å²) < 4.78 is 0. The number of rotatable bonds is 6. The molecule has 18 heavy (non-hydrogen) atoms. The minimum atomic E-state index is -1.03. The van der Waals surface area contributed by atoms with Gasteiger partial charge >= 0.3 is 11.8 Å². The van der Waals surface area contributed by atoms with Crippen LogP contribution in [0, 0.1) is 10.8 Å². The molecule has 0 aromatic rings. The minimum Gasteiger partial charge on any atom is -0.396 e. The molecular weight excluding hydrogens is 236 g/mol. The number of hydrogen-bond acceptors (Lipinski definition) is 4. The van der Waals surface area contributed by atoms with Gasteiger partial charge in [-0.2, -0.15) is 0 Å². The zero-order chi connectivity index (χ0) is 14.6. The highest BCUT2D eigenvalue weighted by atomic mass is 16.3. The molecule has 0 heterocycles. The Morgan fingerprint density at radius 3 is 1.56 bits per heavy atom. The number of aliphatic hydroxyl groups is 2. The van der Waals surface area contributed by atoms with Crippen LogP contribution in [-0.4, -0.2) is 53.2 Å². The van der Waals surface area contributed by atoms with Crippen molar-refractivity contribution < 1.29 is 19.8 Å². The van der Waals surface area contributed by atoms with E-state index in [9.17, 15) is 19.8 Å².